The highest BCUT2D eigenvalue weighted by Crippen LogP contribution is 2.23. The van der Waals surface area contributed by atoms with Crippen molar-refractivity contribution in [3.63, 3.8) is 0 Å². The van der Waals surface area contributed by atoms with Gasteiger partial charge in [0.05, 0.1) is 10.7 Å². The van der Waals surface area contributed by atoms with Crippen molar-refractivity contribution in [2.24, 2.45) is 0 Å². The van der Waals surface area contributed by atoms with Crippen LogP contribution in [0.3, 0.4) is 0 Å². The van der Waals surface area contributed by atoms with Gasteiger partial charge in [0, 0.05) is 6.54 Å². The summed E-state index contributed by atoms with van der Waals surface area (Å²) in [6.45, 7) is 0.649. The third kappa shape index (κ3) is 2.75. The van der Waals surface area contributed by atoms with Crippen LogP contribution in [0.15, 0.2) is 60.7 Å². The van der Waals surface area contributed by atoms with E-state index in [0.29, 0.717) is 11.6 Å². The molecular weight excluding hydrogens is 273 g/mol. The number of anilines is 1. The fourth-order valence-corrected chi connectivity index (χ4v) is 2.41. The maximum absolute atomic E-state index is 13.0. The summed E-state index contributed by atoms with van der Waals surface area (Å²) in [6.07, 6.45) is 0. The molecule has 0 bridgehead atoms. The molecule has 1 N–H and O–H groups in total. The minimum atomic E-state index is -0.328. The number of rotatable bonds is 3. The van der Waals surface area contributed by atoms with Gasteiger partial charge in [-0.1, -0.05) is 48.0 Å². The van der Waals surface area contributed by atoms with Gasteiger partial charge in [0.1, 0.15) is 5.82 Å². The topological polar surface area (TPSA) is 12.0 Å². The Morgan fingerprint density at radius 2 is 1.70 bits per heavy atom. The largest absolute Gasteiger partial charge is 0.380 e. The summed E-state index contributed by atoms with van der Waals surface area (Å²) in [4.78, 5) is 0. The van der Waals surface area contributed by atoms with Crippen LogP contribution in [0.4, 0.5) is 10.1 Å². The molecule has 0 fully saturated rings. The van der Waals surface area contributed by atoms with Gasteiger partial charge >= 0.3 is 0 Å². The van der Waals surface area contributed by atoms with Crippen LogP contribution in [0.2, 0.25) is 5.02 Å². The second-order valence-electron chi connectivity index (χ2n) is 4.66. The molecule has 0 saturated carbocycles. The molecule has 0 radical (unpaired) electrons. The van der Waals surface area contributed by atoms with Gasteiger partial charge in [-0.25, -0.2) is 4.39 Å². The Bertz CT molecular complexity index is 755. The molecule has 0 aliphatic rings. The molecule has 1 nitrogen and oxygen atoms in total. The molecule has 0 aliphatic heterocycles. The maximum Gasteiger partial charge on any atom is 0.124 e. The van der Waals surface area contributed by atoms with E-state index >= 15 is 0 Å². The van der Waals surface area contributed by atoms with Crippen LogP contribution in [0, 0.1) is 5.82 Å². The Morgan fingerprint density at radius 1 is 0.900 bits per heavy atom. The van der Waals surface area contributed by atoms with Crippen molar-refractivity contribution in [2.45, 2.75) is 6.54 Å². The summed E-state index contributed by atoms with van der Waals surface area (Å²) in [6, 6.07) is 18.9. The van der Waals surface area contributed by atoms with Gasteiger partial charge in [0.15, 0.2) is 0 Å². The van der Waals surface area contributed by atoms with E-state index in [2.05, 4.69) is 35.6 Å². The smallest absolute Gasteiger partial charge is 0.124 e. The summed E-state index contributed by atoms with van der Waals surface area (Å²) in [7, 11) is 0. The van der Waals surface area contributed by atoms with E-state index in [-0.39, 0.29) is 5.82 Å². The fourth-order valence-electron chi connectivity index (χ4n) is 2.18. The van der Waals surface area contributed by atoms with Crippen molar-refractivity contribution in [1.29, 1.82) is 0 Å². The molecular formula is C17H13ClFN. The Kier molecular flexibility index (Phi) is 3.57. The number of hydrogen-bond donors (Lipinski definition) is 1. The first kappa shape index (κ1) is 12.9. The minimum absolute atomic E-state index is 0.328. The molecule has 3 rings (SSSR count). The molecule has 3 aromatic carbocycles. The third-order valence-corrected chi connectivity index (χ3v) is 3.54. The lowest BCUT2D eigenvalue weighted by Gasteiger charge is -2.09. The highest BCUT2D eigenvalue weighted by molar-refractivity contribution is 6.33. The van der Waals surface area contributed by atoms with Crippen molar-refractivity contribution in [2.75, 3.05) is 5.32 Å². The minimum Gasteiger partial charge on any atom is -0.380 e. The van der Waals surface area contributed by atoms with Gasteiger partial charge in [0.2, 0.25) is 0 Å². The van der Waals surface area contributed by atoms with Crippen LogP contribution in [0.25, 0.3) is 10.8 Å². The highest BCUT2D eigenvalue weighted by atomic mass is 35.5. The SMILES string of the molecule is Fc1ccc(NCc2ccc3ccccc3c2)c(Cl)c1. The number of fused-ring (bicyclic) bond motifs is 1. The van der Waals surface area contributed by atoms with E-state index < -0.39 is 0 Å². The summed E-state index contributed by atoms with van der Waals surface area (Å²) in [5.41, 5.74) is 1.89. The zero-order valence-electron chi connectivity index (χ0n) is 10.7. The molecule has 3 aromatic rings. The van der Waals surface area contributed by atoms with Gasteiger partial charge < -0.3 is 5.32 Å². The zero-order chi connectivity index (χ0) is 13.9. The Hall–Kier alpha value is -2.06. The summed E-state index contributed by atoms with van der Waals surface area (Å²) >= 11 is 5.99. The first-order chi connectivity index (χ1) is 9.72. The van der Waals surface area contributed by atoms with E-state index in [1.807, 2.05) is 12.1 Å². The van der Waals surface area contributed by atoms with Crippen molar-refractivity contribution in [1.82, 2.24) is 0 Å². The molecule has 0 aromatic heterocycles. The summed E-state index contributed by atoms with van der Waals surface area (Å²) < 4.78 is 13.0. The average molecular weight is 286 g/mol. The van der Waals surface area contributed by atoms with Crippen molar-refractivity contribution < 1.29 is 4.39 Å². The molecule has 0 unspecified atom stereocenters. The highest BCUT2D eigenvalue weighted by Gasteiger charge is 2.02. The second kappa shape index (κ2) is 5.51. The number of nitrogens with one attached hydrogen (secondary N) is 1. The monoisotopic (exact) mass is 285 g/mol. The molecule has 0 amide bonds. The lowest BCUT2D eigenvalue weighted by atomic mass is 10.1. The van der Waals surface area contributed by atoms with Crippen molar-refractivity contribution in [3.8, 4) is 0 Å². The number of halogens is 2. The predicted molar refractivity (Wildman–Crippen MR) is 82.7 cm³/mol. The third-order valence-electron chi connectivity index (χ3n) is 3.23. The van der Waals surface area contributed by atoms with Crippen molar-refractivity contribution in [3.05, 3.63) is 77.1 Å². The average Bonchev–Trinajstić information content (AvgIpc) is 2.46. The van der Waals surface area contributed by atoms with Crippen LogP contribution < -0.4 is 5.32 Å². The lowest BCUT2D eigenvalue weighted by Crippen LogP contribution is -2.00. The lowest BCUT2D eigenvalue weighted by molar-refractivity contribution is 0.628. The van der Waals surface area contributed by atoms with Crippen LogP contribution >= 0.6 is 11.6 Å². The normalized spacial score (nSPS) is 10.7. The van der Waals surface area contributed by atoms with Crippen LogP contribution in [0.1, 0.15) is 5.56 Å². The standard InChI is InChI=1S/C17H13ClFN/c18-16-10-15(19)7-8-17(16)20-11-12-5-6-13-3-1-2-4-14(13)9-12/h1-10,20H,11H2. The van der Waals surface area contributed by atoms with Crippen LogP contribution in [0.5, 0.6) is 0 Å². The van der Waals surface area contributed by atoms with E-state index in [4.69, 9.17) is 11.6 Å². The van der Waals surface area contributed by atoms with Gasteiger partial charge in [-0.05, 0) is 40.6 Å². The van der Waals surface area contributed by atoms with Gasteiger partial charge in [-0.15, -0.1) is 0 Å². The molecule has 0 spiro atoms. The fraction of sp³-hybridized carbons (Fsp3) is 0.0588. The first-order valence-electron chi connectivity index (χ1n) is 6.39. The Morgan fingerprint density at radius 3 is 2.50 bits per heavy atom. The predicted octanol–water partition coefficient (Wildman–Crippen LogP) is 5.24. The second-order valence-corrected chi connectivity index (χ2v) is 5.07. The number of benzene rings is 3. The van der Waals surface area contributed by atoms with Crippen LogP contribution in [-0.4, -0.2) is 0 Å². The van der Waals surface area contributed by atoms with Gasteiger partial charge in [-0.3, -0.25) is 0 Å². The van der Waals surface area contributed by atoms with Crippen molar-refractivity contribution >= 4 is 28.1 Å². The molecule has 3 heteroatoms. The maximum atomic E-state index is 13.0. The van der Waals surface area contributed by atoms with E-state index in [0.717, 1.165) is 11.3 Å². The van der Waals surface area contributed by atoms with Crippen LogP contribution in [-0.2, 0) is 6.54 Å². The zero-order valence-corrected chi connectivity index (χ0v) is 11.5. The van der Waals surface area contributed by atoms with E-state index in [1.165, 1.54) is 22.9 Å². The molecule has 100 valence electrons. The van der Waals surface area contributed by atoms with E-state index in [9.17, 15) is 4.39 Å². The van der Waals surface area contributed by atoms with E-state index in [1.54, 1.807) is 6.07 Å². The Labute approximate surface area is 122 Å². The first-order valence-corrected chi connectivity index (χ1v) is 6.77. The summed E-state index contributed by atoms with van der Waals surface area (Å²) in [5.74, 6) is -0.328. The van der Waals surface area contributed by atoms with Gasteiger partial charge in [-0.2, -0.15) is 0 Å². The number of hydrogen-bond acceptors (Lipinski definition) is 1. The van der Waals surface area contributed by atoms with Gasteiger partial charge in [0.25, 0.3) is 0 Å². The summed E-state index contributed by atoms with van der Waals surface area (Å²) in [5, 5.41) is 6.04. The molecule has 0 atom stereocenters. The Balaban J connectivity index is 1.79. The molecule has 0 aliphatic carbocycles. The molecule has 0 heterocycles. The molecule has 0 saturated heterocycles. The molecule has 20 heavy (non-hydrogen) atoms. The quantitative estimate of drug-likeness (QED) is 0.693.